The number of carbonyl (C=O) groups excluding carboxylic acids is 1. The predicted molar refractivity (Wildman–Crippen MR) is 101 cm³/mol. The minimum Gasteiger partial charge on any atom is -0.372 e. The Hall–Kier alpha value is -1.71. The lowest BCUT2D eigenvalue weighted by molar-refractivity contribution is 0.102. The van der Waals surface area contributed by atoms with E-state index in [2.05, 4.69) is 29.3 Å². The van der Waals surface area contributed by atoms with Crippen molar-refractivity contribution < 1.29 is 4.79 Å². The number of benzene rings is 2. The van der Waals surface area contributed by atoms with Gasteiger partial charge in [-0.1, -0.05) is 30.1 Å². The SMILES string of the molecule is CC1CCN(c2ccc(NC(=O)c3ccc(Cl)c(Cl)c3)cc2)CC1. The highest BCUT2D eigenvalue weighted by Gasteiger charge is 2.16. The van der Waals surface area contributed by atoms with Crippen LogP contribution >= 0.6 is 23.2 Å². The number of nitrogens with one attached hydrogen (secondary N) is 1. The summed E-state index contributed by atoms with van der Waals surface area (Å²) in [5.74, 6) is 0.610. The van der Waals surface area contributed by atoms with E-state index in [0.717, 1.165) is 24.7 Å². The lowest BCUT2D eigenvalue weighted by Gasteiger charge is -2.32. The molecule has 3 rings (SSSR count). The summed E-state index contributed by atoms with van der Waals surface area (Å²) in [4.78, 5) is 14.7. The van der Waals surface area contributed by atoms with Crippen LogP contribution in [0.5, 0.6) is 0 Å². The molecule has 126 valence electrons. The minimum absolute atomic E-state index is 0.201. The summed E-state index contributed by atoms with van der Waals surface area (Å²) in [6, 6.07) is 12.8. The van der Waals surface area contributed by atoms with Crippen molar-refractivity contribution in [3.8, 4) is 0 Å². The molecule has 0 atom stereocenters. The Balaban J connectivity index is 1.65. The second kappa shape index (κ2) is 7.45. The van der Waals surface area contributed by atoms with Gasteiger partial charge in [-0.2, -0.15) is 0 Å². The van der Waals surface area contributed by atoms with Gasteiger partial charge in [-0.15, -0.1) is 0 Å². The van der Waals surface area contributed by atoms with Gasteiger partial charge in [-0.3, -0.25) is 4.79 Å². The van der Waals surface area contributed by atoms with E-state index in [-0.39, 0.29) is 5.91 Å². The zero-order valence-electron chi connectivity index (χ0n) is 13.6. The predicted octanol–water partition coefficient (Wildman–Crippen LogP) is 5.48. The van der Waals surface area contributed by atoms with Crippen LogP contribution < -0.4 is 10.2 Å². The summed E-state index contributed by atoms with van der Waals surface area (Å²) in [6.07, 6.45) is 2.46. The average molecular weight is 363 g/mol. The smallest absolute Gasteiger partial charge is 0.255 e. The van der Waals surface area contributed by atoms with E-state index in [1.54, 1.807) is 18.2 Å². The van der Waals surface area contributed by atoms with E-state index < -0.39 is 0 Å². The minimum atomic E-state index is -0.201. The Labute approximate surface area is 152 Å². The van der Waals surface area contributed by atoms with Gasteiger partial charge in [0.2, 0.25) is 0 Å². The van der Waals surface area contributed by atoms with Crippen LogP contribution in [0.1, 0.15) is 30.1 Å². The molecule has 1 amide bonds. The number of anilines is 2. The number of carbonyl (C=O) groups is 1. The van der Waals surface area contributed by atoms with Gasteiger partial charge in [0.05, 0.1) is 10.0 Å². The molecule has 2 aromatic rings. The molecule has 0 unspecified atom stereocenters. The lowest BCUT2D eigenvalue weighted by atomic mass is 9.99. The summed E-state index contributed by atoms with van der Waals surface area (Å²) in [7, 11) is 0. The molecule has 0 radical (unpaired) electrons. The van der Waals surface area contributed by atoms with Crippen LogP contribution in [0.4, 0.5) is 11.4 Å². The first kappa shape index (κ1) is 17.1. The molecular formula is C19H20Cl2N2O. The van der Waals surface area contributed by atoms with Gasteiger partial charge in [0, 0.05) is 30.0 Å². The first-order chi connectivity index (χ1) is 11.5. The molecule has 24 heavy (non-hydrogen) atoms. The molecule has 2 aromatic carbocycles. The van der Waals surface area contributed by atoms with Crippen LogP contribution in [0, 0.1) is 5.92 Å². The number of rotatable bonds is 3. The molecule has 0 aromatic heterocycles. The number of amides is 1. The zero-order chi connectivity index (χ0) is 17.1. The molecule has 1 aliphatic heterocycles. The van der Waals surface area contributed by atoms with Crippen LogP contribution in [-0.4, -0.2) is 19.0 Å². The van der Waals surface area contributed by atoms with Gasteiger partial charge in [0.25, 0.3) is 5.91 Å². The molecular weight excluding hydrogens is 343 g/mol. The number of nitrogens with zero attached hydrogens (tertiary/aromatic N) is 1. The molecule has 0 aliphatic carbocycles. The van der Waals surface area contributed by atoms with Gasteiger partial charge in [0.15, 0.2) is 0 Å². The highest BCUT2D eigenvalue weighted by Crippen LogP contribution is 2.25. The maximum Gasteiger partial charge on any atom is 0.255 e. The van der Waals surface area contributed by atoms with E-state index in [0.29, 0.717) is 15.6 Å². The molecule has 5 heteroatoms. The summed E-state index contributed by atoms with van der Waals surface area (Å²) >= 11 is 11.8. The van der Waals surface area contributed by atoms with Crippen molar-refractivity contribution in [2.45, 2.75) is 19.8 Å². The monoisotopic (exact) mass is 362 g/mol. The van der Waals surface area contributed by atoms with Gasteiger partial charge < -0.3 is 10.2 Å². The fourth-order valence-corrected chi connectivity index (χ4v) is 3.16. The van der Waals surface area contributed by atoms with Crippen LogP contribution in [0.25, 0.3) is 0 Å². The molecule has 0 spiro atoms. The third-order valence-corrected chi connectivity index (χ3v) is 5.19. The first-order valence-electron chi connectivity index (χ1n) is 8.14. The third kappa shape index (κ3) is 4.03. The van der Waals surface area contributed by atoms with Crippen molar-refractivity contribution in [2.24, 2.45) is 5.92 Å². The van der Waals surface area contributed by atoms with Crippen molar-refractivity contribution in [3.05, 3.63) is 58.1 Å². The van der Waals surface area contributed by atoms with Gasteiger partial charge >= 0.3 is 0 Å². The fourth-order valence-electron chi connectivity index (χ4n) is 2.86. The van der Waals surface area contributed by atoms with Crippen LogP contribution in [0.3, 0.4) is 0 Å². The molecule has 1 fully saturated rings. The number of hydrogen-bond donors (Lipinski definition) is 1. The maximum absolute atomic E-state index is 12.3. The Morgan fingerprint density at radius 2 is 1.71 bits per heavy atom. The highest BCUT2D eigenvalue weighted by atomic mass is 35.5. The Morgan fingerprint density at radius 1 is 1.04 bits per heavy atom. The van der Waals surface area contributed by atoms with Crippen LogP contribution in [0.15, 0.2) is 42.5 Å². The average Bonchev–Trinajstić information content (AvgIpc) is 2.59. The molecule has 1 aliphatic rings. The Morgan fingerprint density at radius 3 is 2.33 bits per heavy atom. The lowest BCUT2D eigenvalue weighted by Crippen LogP contribution is -2.32. The van der Waals surface area contributed by atoms with E-state index in [4.69, 9.17) is 23.2 Å². The molecule has 1 N–H and O–H groups in total. The van der Waals surface area contributed by atoms with Gasteiger partial charge in [-0.05, 0) is 61.2 Å². The van der Waals surface area contributed by atoms with Crippen molar-refractivity contribution >= 4 is 40.5 Å². The van der Waals surface area contributed by atoms with Gasteiger partial charge in [0.1, 0.15) is 0 Å². The fraction of sp³-hybridized carbons (Fsp3) is 0.316. The second-order valence-electron chi connectivity index (χ2n) is 6.30. The summed E-state index contributed by atoms with van der Waals surface area (Å²) in [5.41, 5.74) is 2.45. The number of halogens is 2. The molecule has 1 saturated heterocycles. The quantitative estimate of drug-likeness (QED) is 0.783. The highest BCUT2D eigenvalue weighted by molar-refractivity contribution is 6.42. The third-order valence-electron chi connectivity index (χ3n) is 4.46. The van der Waals surface area contributed by atoms with Gasteiger partial charge in [-0.25, -0.2) is 0 Å². The molecule has 1 heterocycles. The molecule has 0 bridgehead atoms. The van der Waals surface area contributed by atoms with Crippen molar-refractivity contribution in [2.75, 3.05) is 23.3 Å². The summed E-state index contributed by atoms with van der Waals surface area (Å²) in [5, 5.41) is 3.70. The van der Waals surface area contributed by atoms with Crippen molar-refractivity contribution in [1.29, 1.82) is 0 Å². The maximum atomic E-state index is 12.3. The van der Waals surface area contributed by atoms with E-state index in [1.807, 2.05) is 12.1 Å². The molecule has 3 nitrogen and oxygen atoms in total. The number of piperidine rings is 1. The van der Waals surface area contributed by atoms with E-state index >= 15 is 0 Å². The standard InChI is InChI=1S/C19H20Cl2N2O/c1-13-8-10-23(11-9-13)16-5-3-15(4-6-16)22-19(24)14-2-7-17(20)18(21)12-14/h2-7,12-13H,8-11H2,1H3,(H,22,24). The largest absolute Gasteiger partial charge is 0.372 e. The van der Waals surface area contributed by atoms with Crippen molar-refractivity contribution in [1.82, 2.24) is 0 Å². The number of hydrogen-bond acceptors (Lipinski definition) is 2. The molecule has 0 saturated carbocycles. The zero-order valence-corrected chi connectivity index (χ0v) is 15.1. The van der Waals surface area contributed by atoms with E-state index in [1.165, 1.54) is 18.5 Å². The summed E-state index contributed by atoms with van der Waals surface area (Å²) in [6.45, 7) is 4.49. The van der Waals surface area contributed by atoms with Crippen LogP contribution in [-0.2, 0) is 0 Å². The normalized spacial score (nSPS) is 15.4. The van der Waals surface area contributed by atoms with Crippen LogP contribution in [0.2, 0.25) is 10.0 Å². The summed E-state index contributed by atoms with van der Waals surface area (Å²) < 4.78 is 0. The Kier molecular flexibility index (Phi) is 5.32. The van der Waals surface area contributed by atoms with Crippen molar-refractivity contribution in [3.63, 3.8) is 0 Å². The Bertz CT molecular complexity index is 723. The second-order valence-corrected chi connectivity index (χ2v) is 7.11. The first-order valence-corrected chi connectivity index (χ1v) is 8.90. The van der Waals surface area contributed by atoms with E-state index in [9.17, 15) is 4.79 Å². The topological polar surface area (TPSA) is 32.3 Å².